The second-order valence-corrected chi connectivity index (χ2v) is 12.2. The number of H-pyrrole nitrogens is 1. The second kappa shape index (κ2) is 11.4. The topological polar surface area (TPSA) is 138 Å². The van der Waals surface area contributed by atoms with Gasteiger partial charge >= 0.3 is 6.18 Å². The van der Waals surface area contributed by atoms with Crippen LogP contribution in [-0.2, 0) is 18.3 Å². The number of nitrogens with two attached hydrogens (primary N) is 1. The molecule has 1 atom stereocenters. The number of aromatic amines is 1. The Morgan fingerprint density at radius 2 is 1.91 bits per heavy atom. The van der Waals surface area contributed by atoms with Crippen LogP contribution >= 0.6 is 0 Å². The van der Waals surface area contributed by atoms with Crippen LogP contribution in [0.4, 0.5) is 17.6 Å². The minimum atomic E-state index is -4.81. The standard InChI is InChI=1S/C29H33F4N11O/c30-19-2-6-41(12-19)13-20-9-23(40-27(39-20)29(31,32)33)26(45)42-7-3-21(4-8-42)43-15-28(14-34,16-43)44-11-18(10-38-44)24-22-1-5-35-25(22)37-17-36-24/h1,5,9-11,17,19,21H,2-4,6-8,12-16,34H2,(H,35,36,37)/t19-/m1/s1. The lowest BCUT2D eigenvalue weighted by molar-refractivity contribution is -0.145. The van der Waals surface area contributed by atoms with Gasteiger partial charge in [-0.3, -0.25) is 19.3 Å². The van der Waals surface area contributed by atoms with Crippen molar-refractivity contribution in [1.82, 2.24) is 49.4 Å². The zero-order valence-electron chi connectivity index (χ0n) is 24.4. The van der Waals surface area contributed by atoms with Crippen molar-refractivity contribution in [3.63, 3.8) is 0 Å². The van der Waals surface area contributed by atoms with Gasteiger partial charge in [-0.15, -0.1) is 0 Å². The summed E-state index contributed by atoms with van der Waals surface area (Å²) in [5, 5.41) is 5.54. The number of carbonyl (C=O) groups excluding carboxylic acids is 1. The van der Waals surface area contributed by atoms with Gasteiger partial charge in [0.05, 0.1) is 17.6 Å². The molecule has 45 heavy (non-hydrogen) atoms. The van der Waals surface area contributed by atoms with Crippen molar-refractivity contribution in [2.45, 2.75) is 49.7 Å². The highest BCUT2D eigenvalue weighted by molar-refractivity contribution is 5.92. The van der Waals surface area contributed by atoms with E-state index in [1.165, 1.54) is 12.4 Å². The second-order valence-electron chi connectivity index (χ2n) is 12.2. The number of aromatic nitrogens is 7. The predicted octanol–water partition coefficient (Wildman–Crippen LogP) is 2.45. The minimum absolute atomic E-state index is 0.0273. The van der Waals surface area contributed by atoms with E-state index in [0.717, 1.165) is 22.3 Å². The summed E-state index contributed by atoms with van der Waals surface area (Å²) in [6.45, 7) is 3.12. The van der Waals surface area contributed by atoms with Gasteiger partial charge in [-0.25, -0.2) is 24.3 Å². The van der Waals surface area contributed by atoms with Crippen molar-refractivity contribution >= 4 is 16.9 Å². The minimum Gasteiger partial charge on any atom is -0.346 e. The number of rotatable bonds is 7. The van der Waals surface area contributed by atoms with E-state index in [0.29, 0.717) is 58.5 Å². The molecule has 3 fully saturated rings. The van der Waals surface area contributed by atoms with Gasteiger partial charge in [0.15, 0.2) is 0 Å². The summed E-state index contributed by atoms with van der Waals surface area (Å²) in [6.07, 6.45) is 2.91. The molecule has 4 aromatic rings. The summed E-state index contributed by atoms with van der Waals surface area (Å²) in [6, 6.07) is 3.43. The number of fused-ring (bicyclic) bond motifs is 1. The molecule has 0 spiro atoms. The summed E-state index contributed by atoms with van der Waals surface area (Å²) < 4.78 is 56.4. The van der Waals surface area contributed by atoms with Gasteiger partial charge in [-0.05, 0) is 31.4 Å². The normalized spacial score (nSPS) is 21.4. The summed E-state index contributed by atoms with van der Waals surface area (Å²) >= 11 is 0. The van der Waals surface area contributed by atoms with Crippen molar-refractivity contribution < 1.29 is 22.4 Å². The SMILES string of the molecule is NCC1(n2cc(-c3ncnc4[nH]ccc34)cn2)CN(C2CCN(C(=O)c3cc(CN4CC[C@@H](F)C4)nc(C(F)(F)F)n3)CC2)C1. The van der Waals surface area contributed by atoms with Crippen LogP contribution in [0.1, 0.15) is 41.3 Å². The molecule has 3 saturated heterocycles. The molecular formula is C29H33F4N11O. The number of likely N-dealkylation sites (tertiary alicyclic amines) is 3. The molecule has 7 heterocycles. The maximum absolute atomic E-state index is 13.6. The van der Waals surface area contributed by atoms with E-state index in [2.05, 4.69) is 34.9 Å². The Morgan fingerprint density at radius 1 is 1.11 bits per heavy atom. The highest BCUT2D eigenvalue weighted by Crippen LogP contribution is 2.35. The van der Waals surface area contributed by atoms with Crippen molar-refractivity contribution in [2.24, 2.45) is 5.73 Å². The van der Waals surface area contributed by atoms with Crippen LogP contribution in [0.5, 0.6) is 0 Å². The van der Waals surface area contributed by atoms with Crippen LogP contribution in [0.25, 0.3) is 22.3 Å². The molecule has 12 nitrogen and oxygen atoms in total. The zero-order valence-corrected chi connectivity index (χ0v) is 24.4. The van der Waals surface area contributed by atoms with Gasteiger partial charge in [0.25, 0.3) is 5.91 Å². The van der Waals surface area contributed by atoms with Crippen LogP contribution in [0.2, 0.25) is 0 Å². The van der Waals surface area contributed by atoms with Gasteiger partial charge in [0.1, 0.15) is 29.4 Å². The molecule has 0 saturated carbocycles. The quantitative estimate of drug-likeness (QED) is 0.296. The molecular weight excluding hydrogens is 594 g/mol. The average molecular weight is 628 g/mol. The lowest BCUT2D eigenvalue weighted by Gasteiger charge is -2.54. The monoisotopic (exact) mass is 627 g/mol. The molecule has 0 aromatic carbocycles. The zero-order chi connectivity index (χ0) is 31.3. The Kier molecular flexibility index (Phi) is 7.52. The van der Waals surface area contributed by atoms with E-state index in [1.807, 2.05) is 23.1 Å². The average Bonchev–Trinajstić information content (AvgIpc) is 3.78. The Bertz CT molecular complexity index is 1690. The van der Waals surface area contributed by atoms with E-state index in [1.54, 1.807) is 16.0 Å². The number of nitrogens with one attached hydrogen (secondary N) is 1. The largest absolute Gasteiger partial charge is 0.451 e. The van der Waals surface area contributed by atoms with E-state index in [4.69, 9.17) is 5.73 Å². The van der Waals surface area contributed by atoms with Crippen molar-refractivity contribution in [3.8, 4) is 11.3 Å². The molecule has 3 N–H and O–H groups in total. The molecule has 1 amide bonds. The number of halogens is 4. The number of nitrogens with zero attached hydrogens (tertiary/aromatic N) is 9. The molecule has 3 aliphatic rings. The molecule has 0 unspecified atom stereocenters. The molecule has 238 valence electrons. The van der Waals surface area contributed by atoms with E-state index in [-0.39, 0.29) is 36.1 Å². The fraction of sp³-hybridized carbons (Fsp3) is 0.517. The molecule has 0 aliphatic carbocycles. The Hall–Kier alpha value is -4.02. The summed E-state index contributed by atoms with van der Waals surface area (Å²) in [5.74, 6) is -1.91. The summed E-state index contributed by atoms with van der Waals surface area (Å²) in [4.78, 5) is 37.9. The van der Waals surface area contributed by atoms with Gasteiger partial charge in [-0.1, -0.05) is 0 Å². The highest BCUT2D eigenvalue weighted by atomic mass is 19.4. The third kappa shape index (κ3) is 5.66. The predicted molar refractivity (Wildman–Crippen MR) is 154 cm³/mol. The number of hydrogen-bond donors (Lipinski definition) is 2. The van der Waals surface area contributed by atoms with Gasteiger partial charge in [-0.2, -0.15) is 18.3 Å². The maximum atomic E-state index is 13.6. The number of piperidine rings is 1. The third-order valence-electron chi connectivity index (χ3n) is 9.19. The molecule has 4 aromatic heterocycles. The number of carbonyl (C=O) groups is 1. The lowest BCUT2D eigenvalue weighted by Crippen LogP contribution is -2.69. The number of alkyl halides is 4. The van der Waals surface area contributed by atoms with Crippen LogP contribution < -0.4 is 5.73 Å². The summed E-state index contributed by atoms with van der Waals surface area (Å²) in [7, 11) is 0. The first-order valence-electron chi connectivity index (χ1n) is 15.0. The first kappa shape index (κ1) is 29.7. The molecule has 7 rings (SSSR count). The van der Waals surface area contributed by atoms with Crippen LogP contribution in [-0.4, -0.2) is 113 Å². The molecule has 0 bridgehead atoms. The Labute approximate surface area is 255 Å². The third-order valence-corrected chi connectivity index (χ3v) is 9.19. The van der Waals surface area contributed by atoms with Gasteiger partial charge in [0.2, 0.25) is 5.82 Å². The molecule has 3 aliphatic heterocycles. The number of amides is 1. The maximum Gasteiger partial charge on any atom is 0.451 e. The first-order chi connectivity index (χ1) is 21.6. The summed E-state index contributed by atoms with van der Waals surface area (Å²) in [5.41, 5.74) is 8.07. The van der Waals surface area contributed by atoms with E-state index < -0.39 is 24.1 Å². The first-order valence-corrected chi connectivity index (χ1v) is 15.0. The van der Waals surface area contributed by atoms with Gasteiger partial charge in [0, 0.05) is 81.7 Å². The van der Waals surface area contributed by atoms with E-state index >= 15 is 0 Å². The lowest BCUT2D eigenvalue weighted by atomic mass is 9.86. The van der Waals surface area contributed by atoms with E-state index in [9.17, 15) is 22.4 Å². The van der Waals surface area contributed by atoms with Gasteiger partial charge < -0.3 is 15.6 Å². The van der Waals surface area contributed by atoms with Crippen molar-refractivity contribution in [2.75, 3.05) is 45.8 Å². The fourth-order valence-corrected chi connectivity index (χ4v) is 6.71. The molecule has 16 heteroatoms. The van der Waals surface area contributed by atoms with Crippen molar-refractivity contribution in [3.05, 3.63) is 54.3 Å². The Morgan fingerprint density at radius 3 is 2.62 bits per heavy atom. The van der Waals surface area contributed by atoms with Crippen LogP contribution in [0.3, 0.4) is 0 Å². The molecule has 0 radical (unpaired) electrons. The number of hydrogen-bond acceptors (Lipinski definition) is 9. The fourth-order valence-electron chi connectivity index (χ4n) is 6.71. The highest BCUT2D eigenvalue weighted by Gasteiger charge is 2.47. The van der Waals surface area contributed by atoms with Crippen LogP contribution in [0, 0.1) is 0 Å². The smallest absolute Gasteiger partial charge is 0.346 e. The Balaban J connectivity index is 0.992. The van der Waals surface area contributed by atoms with Crippen LogP contribution in [0.15, 0.2) is 37.1 Å². The van der Waals surface area contributed by atoms with Crippen molar-refractivity contribution in [1.29, 1.82) is 0 Å².